The fraction of sp³-hybridized carbons (Fsp3) is 0.857. The summed E-state index contributed by atoms with van der Waals surface area (Å²) in [5.74, 6) is -0.308. The molecule has 0 bridgehead atoms. The van der Waals surface area contributed by atoms with E-state index in [1.165, 1.54) is 0 Å². The topological polar surface area (TPSA) is 52.3 Å². The molecule has 0 spiro atoms. The Morgan fingerprint density at radius 2 is 2.10 bits per heavy atom. The van der Waals surface area contributed by atoms with Crippen LogP contribution in [0.3, 0.4) is 0 Å². The van der Waals surface area contributed by atoms with Crippen LogP contribution in [0.5, 0.6) is 0 Å². The van der Waals surface area contributed by atoms with Crippen LogP contribution >= 0.6 is 0 Å². The van der Waals surface area contributed by atoms with Crippen LogP contribution in [0.15, 0.2) is 0 Å². The zero-order valence-electron chi connectivity index (χ0n) is 6.76. The Morgan fingerprint density at radius 1 is 1.60 bits per heavy atom. The van der Waals surface area contributed by atoms with Crippen molar-refractivity contribution in [3.63, 3.8) is 0 Å². The number of hydrogen-bond acceptors (Lipinski definition) is 3. The van der Waals surface area contributed by atoms with E-state index in [1.54, 1.807) is 13.8 Å². The van der Waals surface area contributed by atoms with Crippen molar-refractivity contribution in [2.24, 2.45) is 5.73 Å². The summed E-state index contributed by atoms with van der Waals surface area (Å²) in [4.78, 5) is 10.8. The quantitative estimate of drug-likeness (QED) is 0.594. The van der Waals surface area contributed by atoms with Gasteiger partial charge in [-0.2, -0.15) is 0 Å². The van der Waals surface area contributed by atoms with E-state index in [-0.39, 0.29) is 12.1 Å². The molecule has 0 unspecified atom stereocenters. The molecule has 3 heteroatoms. The fourth-order valence-electron chi connectivity index (χ4n) is 0.486. The summed E-state index contributed by atoms with van der Waals surface area (Å²) in [6, 6.07) is -0.456. The molecule has 10 heavy (non-hydrogen) atoms. The summed E-state index contributed by atoms with van der Waals surface area (Å²) in [6.45, 7) is 5.47. The van der Waals surface area contributed by atoms with Crippen molar-refractivity contribution >= 4 is 5.97 Å². The minimum atomic E-state index is -0.456. The highest BCUT2D eigenvalue weighted by Crippen LogP contribution is 1.94. The molecule has 0 aliphatic carbocycles. The SMILES string of the molecule is CC[C@@H](N)C(=O)OC(C)C. The van der Waals surface area contributed by atoms with Gasteiger partial charge in [0.2, 0.25) is 0 Å². The summed E-state index contributed by atoms with van der Waals surface area (Å²) in [6.07, 6.45) is 0.566. The monoisotopic (exact) mass is 145 g/mol. The number of rotatable bonds is 3. The van der Waals surface area contributed by atoms with Crippen LogP contribution < -0.4 is 5.73 Å². The number of hydrogen-bond donors (Lipinski definition) is 1. The van der Waals surface area contributed by atoms with Crippen LogP contribution in [0.4, 0.5) is 0 Å². The van der Waals surface area contributed by atoms with Crippen molar-refractivity contribution in [1.82, 2.24) is 0 Å². The third-order valence-electron chi connectivity index (χ3n) is 1.09. The third-order valence-corrected chi connectivity index (χ3v) is 1.09. The summed E-state index contributed by atoms with van der Waals surface area (Å²) in [5.41, 5.74) is 5.39. The van der Waals surface area contributed by atoms with Gasteiger partial charge in [-0.15, -0.1) is 0 Å². The molecule has 3 nitrogen and oxygen atoms in total. The van der Waals surface area contributed by atoms with Crippen LogP contribution in [-0.4, -0.2) is 18.1 Å². The maximum Gasteiger partial charge on any atom is 0.323 e. The lowest BCUT2D eigenvalue weighted by atomic mass is 10.2. The molecule has 0 saturated carbocycles. The van der Waals surface area contributed by atoms with Crippen molar-refractivity contribution in [3.8, 4) is 0 Å². The van der Waals surface area contributed by atoms with Gasteiger partial charge in [-0.05, 0) is 20.3 Å². The Morgan fingerprint density at radius 3 is 2.40 bits per heavy atom. The second-order valence-electron chi connectivity index (χ2n) is 2.50. The lowest BCUT2D eigenvalue weighted by Crippen LogP contribution is -2.32. The van der Waals surface area contributed by atoms with Gasteiger partial charge in [0, 0.05) is 0 Å². The molecule has 0 heterocycles. The smallest absolute Gasteiger partial charge is 0.323 e. The number of carbonyl (C=O) groups is 1. The van der Waals surface area contributed by atoms with Crippen molar-refractivity contribution in [2.45, 2.75) is 39.3 Å². The van der Waals surface area contributed by atoms with Crippen molar-refractivity contribution in [3.05, 3.63) is 0 Å². The van der Waals surface area contributed by atoms with Crippen LogP contribution in [0.25, 0.3) is 0 Å². The van der Waals surface area contributed by atoms with Gasteiger partial charge in [-0.25, -0.2) is 0 Å². The van der Waals surface area contributed by atoms with E-state index >= 15 is 0 Å². The zero-order valence-corrected chi connectivity index (χ0v) is 6.76. The lowest BCUT2D eigenvalue weighted by molar-refractivity contribution is -0.149. The molecular weight excluding hydrogens is 130 g/mol. The Kier molecular flexibility index (Phi) is 4.03. The van der Waals surface area contributed by atoms with Crippen molar-refractivity contribution < 1.29 is 9.53 Å². The highest BCUT2D eigenvalue weighted by molar-refractivity contribution is 5.75. The Hall–Kier alpha value is -0.570. The van der Waals surface area contributed by atoms with Crippen LogP contribution in [-0.2, 0) is 9.53 Å². The molecule has 60 valence electrons. The standard InChI is InChI=1S/C7H15NO2/c1-4-6(8)7(9)10-5(2)3/h5-6H,4,8H2,1-3H3/t6-/m1/s1. The van der Waals surface area contributed by atoms with Gasteiger partial charge in [-0.3, -0.25) is 4.79 Å². The molecule has 0 fully saturated rings. The lowest BCUT2D eigenvalue weighted by Gasteiger charge is -2.11. The van der Waals surface area contributed by atoms with Crippen LogP contribution in [0, 0.1) is 0 Å². The molecule has 0 rings (SSSR count). The first-order valence-electron chi connectivity index (χ1n) is 3.54. The predicted octanol–water partition coefficient (Wildman–Crippen LogP) is 0.675. The van der Waals surface area contributed by atoms with Crippen molar-refractivity contribution in [1.29, 1.82) is 0 Å². The first kappa shape index (κ1) is 9.43. The minimum Gasteiger partial charge on any atom is -0.462 e. The molecule has 0 aromatic rings. The van der Waals surface area contributed by atoms with Gasteiger partial charge in [-0.1, -0.05) is 6.92 Å². The molecule has 0 amide bonds. The summed E-state index contributed by atoms with van der Waals surface area (Å²) in [5, 5.41) is 0. The molecule has 0 aliphatic rings. The van der Waals surface area contributed by atoms with Crippen LogP contribution in [0.1, 0.15) is 27.2 Å². The normalized spacial score (nSPS) is 13.3. The Bertz CT molecular complexity index is 112. The highest BCUT2D eigenvalue weighted by atomic mass is 16.5. The molecule has 0 radical (unpaired) electrons. The Labute approximate surface area is 61.5 Å². The van der Waals surface area contributed by atoms with E-state index in [0.717, 1.165) is 0 Å². The third kappa shape index (κ3) is 3.45. The summed E-state index contributed by atoms with van der Waals surface area (Å²) in [7, 11) is 0. The second kappa shape index (κ2) is 4.28. The van der Waals surface area contributed by atoms with Crippen LogP contribution in [0.2, 0.25) is 0 Å². The first-order chi connectivity index (χ1) is 4.57. The van der Waals surface area contributed by atoms with Gasteiger partial charge in [0.25, 0.3) is 0 Å². The highest BCUT2D eigenvalue weighted by Gasteiger charge is 2.12. The number of nitrogens with two attached hydrogens (primary N) is 1. The van der Waals surface area contributed by atoms with E-state index in [9.17, 15) is 4.79 Å². The minimum absolute atomic E-state index is 0.0647. The molecule has 0 aliphatic heterocycles. The molecule has 1 atom stereocenters. The maximum atomic E-state index is 10.8. The van der Waals surface area contributed by atoms with Gasteiger partial charge in [0.1, 0.15) is 6.04 Å². The van der Waals surface area contributed by atoms with E-state index in [1.807, 2.05) is 6.92 Å². The number of carbonyl (C=O) groups excluding carboxylic acids is 1. The van der Waals surface area contributed by atoms with Gasteiger partial charge in [0.15, 0.2) is 0 Å². The van der Waals surface area contributed by atoms with Crippen molar-refractivity contribution in [2.75, 3.05) is 0 Å². The number of ether oxygens (including phenoxy) is 1. The first-order valence-corrected chi connectivity index (χ1v) is 3.54. The largest absolute Gasteiger partial charge is 0.462 e. The molecule has 0 aromatic carbocycles. The van der Waals surface area contributed by atoms with E-state index < -0.39 is 6.04 Å². The summed E-state index contributed by atoms with van der Waals surface area (Å²) >= 11 is 0. The molecule has 0 saturated heterocycles. The van der Waals surface area contributed by atoms with Gasteiger partial charge < -0.3 is 10.5 Å². The maximum absolute atomic E-state index is 10.8. The Balaban J connectivity index is 3.62. The predicted molar refractivity (Wildman–Crippen MR) is 39.5 cm³/mol. The second-order valence-corrected chi connectivity index (χ2v) is 2.50. The van der Waals surface area contributed by atoms with E-state index in [2.05, 4.69) is 0 Å². The molecule has 0 aromatic heterocycles. The fourth-order valence-corrected chi connectivity index (χ4v) is 0.486. The summed E-state index contributed by atoms with van der Waals surface area (Å²) < 4.78 is 4.84. The van der Waals surface area contributed by atoms with Gasteiger partial charge >= 0.3 is 5.97 Å². The van der Waals surface area contributed by atoms with Gasteiger partial charge in [0.05, 0.1) is 6.10 Å². The van der Waals surface area contributed by atoms with E-state index in [4.69, 9.17) is 10.5 Å². The van der Waals surface area contributed by atoms with E-state index in [0.29, 0.717) is 6.42 Å². The average molecular weight is 145 g/mol. The average Bonchev–Trinajstić information content (AvgIpc) is 1.85. The number of esters is 1. The molecule has 2 N–H and O–H groups in total. The zero-order chi connectivity index (χ0) is 8.15. The molecular formula is C7H15NO2.